The first-order valence-corrected chi connectivity index (χ1v) is 12.5. The summed E-state index contributed by atoms with van der Waals surface area (Å²) in [6, 6.07) is 18.1. The Morgan fingerprint density at radius 2 is 1.76 bits per heavy atom. The van der Waals surface area contributed by atoms with Gasteiger partial charge < -0.3 is 4.74 Å². The van der Waals surface area contributed by atoms with Crippen molar-refractivity contribution in [3.8, 4) is 16.9 Å². The lowest BCUT2D eigenvalue weighted by Crippen LogP contribution is -2.43. The fourth-order valence-corrected chi connectivity index (χ4v) is 5.14. The molecule has 0 spiro atoms. The van der Waals surface area contributed by atoms with Crippen LogP contribution in [0.3, 0.4) is 0 Å². The summed E-state index contributed by atoms with van der Waals surface area (Å²) in [6.45, 7) is 4.43. The average molecular weight is 508 g/mol. The number of likely N-dealkylation sites (tertiary alicyclic amines) is 1. The highest BCUT2D eigenvalue weighted by Crippen LogP contribution is 2.38. The van der Waals surface area contributed by atoms with Gasteiger partial charge in [0.2, 0.25) is 0 Å². The normalized spacial score (nSPS) is 16.8. The van der Waals surface area contributed by atoms with E-state index in [2.05, 4.69) is 0 Å². The Morgan fingerprint density at radius 3 is 2.43 bits per heavy atom. The van der Waals surface area contributed by atoms with E-state index in [-0.39, 0.29) is 23.9 Å². The number of rotatable bonds is 7. The quantitative estimate of drug-likeness (QED) is 0.306. The largest absolute Gasteiger partial charge is 0.496 e. The van der Waals surface area contributed by atoms with Gasteiger partial charge in [-0.2, -0.15) is 13.2 Å². The highest BCUT2D eigenvalue weighted by Gasteiger charge is 2.35. The SMILES string of the molecule is COc1cc(/C=C/c2cccc(-c3ccccc3)c2C)c(C(F)(F)F)cc1CN1CCCC[C@H]1C(C)=O. The second kappa shape index (κ2) is 11.3. The van der Waals surface area contributed by atoms with E-state index in [1.807, 2.05) is 60.4 Å². The lowest BCUT2D eigenvalue weighted by molar-refractivity contribution is -0.137. The summed E-state index contributed by atoms with van der Waals surface area (Å²) >= 11 is 0. The van der Waals surface area contributed by atoms with Crippen LogP contribution in [0.4, 0.5) is 13.2 Å². The molecule has 0 aromatic heterocycles. The summed E-state index contributed by atoms with van der Waals surface area (Å²) in [5, 5.41) is 0. The Labute approximate surface area is 216 Å². The van der Waals surface area contributed by atoms with Crippen molar-refractivity contribution in [1.29, 1.82) is 0 Å². The number of nitrogens with zero attached hydrogens (tertiary/aromatic N) is 1. The summed E-state index contributed by atoms with van der Waals surface area (Å²) < 4.78 is 48.1. The Kier molecular flexibility index (Phi) is 8.18. The topological polar surface area (TPSA) is 29.5 Å². The van der Waals surface area contributed by atoms with Crippen LogP contribution in [0.2, 0.25) is 0 Å². The molecule has 1 heterocycles. The van der Waals surface area contributed by atoms with Crippen LogP contribution in [0, 0.1) is 6.92 Å². The van der Waals surface area contributed by atoms with Crippen LogP contribution in [0.1, 0.15) is 54.0 Å². The van der Waals surface area contributed by atoms with Gasteiger partial charge >= 0.3 is 6.18 Å². The van der Waals surface area contributed by atoms with Gasteiger partial charge in [-0.05, 0) is 73.2 Å². The molecule has 37 heavy (non-hydrogen) atoms. The minimum absolute atomic E-state index is 0.0411. The van der Waals surface area contributed by atoms with Crippen LogP contribution in [0.5, 0.6) is 5.75 Å². The van der Waals surface area contributed by atoms with Crippen molar-refractivity contribution in [2.75, 3.05) is 13.7 Å². The number of carbonyl (C=O) groups excluding carboxylic acids is 1. The van der Waals surface area contributed by atoms with Crippen LogP contribution in [0.15, 0.2) is 60.7 Å². The van der Waals surface area contributed by atoms with E-state index in [1.165, 1.54) is 25.3 Å². The summed E-state index contributed by atoms with van der Waals surface area (Å²) in [5.41, 5.74) is 3.68. The summed E-state index contributed by atoms with van der Waals surface area (Å²) in [4.78, 5) is 14.1. The smallest absolute Gasteiger partial charge is 0.417 e. The van der Waals surface area contributed by atoms with Gasteiger partial charge in [0.25, 0.3) is 0 Å². The standard InChI is InChI=1S/C31H32F3NO2/c1-21-23(12-9-13-27(21)24-10-5-4-6-11-24)15-16-25-19-30(37-3)26(18-28(25)31(32,33)34)20-35-17-8-7-14-29(35)22(2)36/h4-6,9-13,15-16,18-19,29H,7-8,14,17,20H2,1-3H3/b16-15+/t29-/m0/s1. The molecule has 3 aromatic rings. The highest BCUT2D eigenvalue weighted by molar-refractivity contribution is 5.81. The molecular formula is C31H32F3NO2. The number of carbonyl (C=O) groups is 1. The molecule has 4 rings (SSSR count). The van der Waals surface area contributed by atoms with E-state index in [4.69, 9.17) is 4.74 Å². The maximum absolute atomic E-state index is 14.2. The predicted octanol–water partition coefficient (Wildman–Crippen LogP) is 7.80. The van der Waals surface area contributed by atoms with Crippen LogP contribution in [0.25, 0.3) is 23.3 Å². The van der Waals surface area contributed by atoms with Gasteiger partial charge in [-0.1, -0.05) is 67.1 Å². The second-order valence-electron chi connectivity index (χ2n) is 9.56. The van der Waals surface area contributed by atoms with Gasteiger partial charge in [0, 0.05) is 12.1 Å². The summed E-state index contributed by atoms with van der Waals surface area (Å²) in [6.07, 6.45) is 1.28. The number of hydrogen-bond acceptors (Lipinski definition) is 3. The number of piperidine rings is 1. The molecule has 6 heteroatoms. The van der Waals surface area contributed by atoms with Gasteiger partial charge in [-0.3, -0.25) is 9.69 Å². The first-order chi connectivity index (χ1) is 17.7. The van der Waals surface area contributed by atoms with E-state index in [0.29, 0.717) is 17.9 Å². The molecule has 194 valence electrons. The van der Waals surface area contributed by atoms with Gasteiger partial charge in [-0.25, -0.2) is 0 Å². The van der Waals surface area contributed by atoms with Crippen LogP contribution >= 0.6 is 0 Å². The zero-order valence-electron chi connectivity index (χ0n) is 21.4. The molecule has 0 radical (unpaired) electrons. The van der Waals surface area contributed by atoms with Gasteiger partial charge in [-0.15, -0.1) is 0 Å². The number of hydrogen-bond donors (Lipinski definition) is 0. The molecule has 3 nitrogen and oxygen atoms in total. The molecule has 0 bridgehead atoms. The van der Waals surface area contributed by atoms with Crippen molar-refractivity contribution in [2.45, 2.75) is 51.9 Å². The maximum atomic E-state index is 14.2. The molecule has 0 N–H and O–H groups in total. The molecule has 1 fully saturated rings. The van der Waals surface area contributed by atoms with Crippen molar-refractivity contribution in [1.82, 2.24) is 4.90 Å². The first-order valence-electron chi connectivity index (χ1n) is 12.5. The molecular weight excluding hydrogens is 475 g/mol. The summed E-state index contributed by atoms with van der Waals surface area (Å²) in [7, 11) is 1.46. The second-order valence-corrected chi connectivity index (χ2v) is 9.56. The van der Waals surface area contributed by atoms with Gasteiger partial charge in [0.15, 0.2) is 0 Å². The Balaban J connectivity index is 1.71. The maximum Gasteiger partial charge on any atom is 0.417 e. The third kappa shape index (κ3) is 6.13. The number of Topliss-reactive ketones (excluding diaryl/α,β-unsaturated/α-hetero) is 1. The lowest BCUT2D eigenvalue weighted by atomic mass is 9.94. The molecule has 1 atom stereocenters. The minimum Gasteiger partial charge on any atom is -0.496 e. The average Bonchev–Trinajstić information content (AvgIpc) is 2.88. The fourth-order valence-electron chi connectivity index (χ4n) is 5.14. The molecule has 0 saturated carbocycles. The monoisotopic (exact) mass is 507 g/mol. The zero-order chi connectivity index (χ0) is 26.6. The number of methoxy groups -OCH3 is 1. The van der Waals surface area contributed by atoms with Crippen LogP contribution in [-0.4, -0.2) is 30.4 Å². The number of ether oxygens (including phenoxy) is 1. The number of halogens is 3. The lowest BCUT2D eigenvalue weighted by Gasteiger charge is -2.34. The summed E-state index contributed by atoms with van der Waals surface area (Å²) in [5.74, 6) is 0.428. The first kappa shape index (κ1) is 26.7. The molecule has 1 aliphatic heterocycles. The van der Waals surface area contributed by atoms with Crippen molar-refractivity contribution in [3.63, 3.8) is 0 Å². The van der Waals surface area contributed by atoms with E-state index in [0.717, 1.165) is 41.5 Å². The zero-order valence-corrected chi connectivity index (χ0v) is 21.4. The van der Waals surface area contributed by atoms with Crippen molar-refractivity contribution in [2.24, 2.45) is 0 Å². The Hall–Kier alpha value is -3.38. The molecule has 1 aliphatic rings. The molecule has 0 amide bonds. The number of benzene rings is 3. The van der Waals surface area contributed by atoms with E-state index >= 15 is 0 Å². The van der Waals surface area contributed by atoms with Crippen LogP contribution < -0.4 is 4.74 Å². The Bertz CT molecular complexity index is 1280. The van der Waals surface area contributed by atoms with Crippen molar-refractivity contribution in [3.05, 3.63) is 88.5 Å². The molecule has 3 aromatic carbocycles. The van der Waals surface area contributed by atoms with Crippen molar-refractivity contribution >= 4 is 17.9 Å². The van der Waals surface area contributed by atoms with Crippen molar-refractivity contribution < 1.29 is 22.7 Å². The van der Waals surface area contributed by atoms with Crippen LogP contribution in [-0.2, 0) is 17.5 Å². The van der Waals surface area contributed by atoms with Gasteiger partial charge in [0.1, 0.15) is 11.5 Å². The Morgan fingerprint density at radius 1 is 1.03 bits per heavy atom. The van der Waals surface area contributed by atoms with E-state index < -0.39 is 11.7 Å². The van der Waals surface area contributed by atoms with E-state index in [9.17, 15) is 18.0 Å². The highest BCUT2D eigenvalue weighted by atomic mass is 19.4. The minimum atomic E-state index is -4.54. The third-order valence-corrected chi connectivity index (χ3v) is 7.12. The third-order valence-electron chi connectivity index (χ3n) is 7.12. The molecule has 0 unspecified atom stereocenters. The van der Waals surface area contributed by atoms with E-state index in [1.54, 1.807) is 13.0 Å². The molecule has 0 aliphatic carbocycles. The fraction of sp³-hybridized carbons (Fsp3) is 0.323. The van der Waals surface area contributed by atoms with Gasteiger partial charge in [0.05, 0.1) is 18.7 Å². The predicted molar refractivity (Wildman–Crippen MR) is 142 cm³/mol. The molecule has 1 saturated heterocycles. The number of alkyl halides is 3. The number of ketones is 1.